The van der Waals surface area contributed by atoms with Gasteiger partial charge in [-0.2, -0.15) is 0 Å². The summed E-state index contributed by atoms with van der Waals surface area (Å²) in [5, 5.41) is 5.81. The number of benzene rings is 9. The van der Waals surface area contributed by atoms with E-state index in [0.29, 0.717) is 0 Å². The molecule has 0 fully saturated rings. The maximum Gasteiger partial charge on any atom is 0.0794 e. The molecule has 0 radical (unpaired) electrons. The second-order valence-electron chi connectivity index (χ2n) is 18.9. The van der Waals surface area contributed by atoms with Crippen LogP contribution < -0.4 is 0 Å². The van der Waals surface area contributed by atoms with Crippen LogP contribution in [0.1, 0.15) is 49.9 Å². The zero-order valence-electron chi connectivity index (χ0n) is 36.4. The molecule has 2 aliphatic rings. The molecule has 302 valence electrons. The minimum Gasteiger partial charge on any atom is -0.248 e. The number of hydrogen-bond donors (Lipinski definition) is 0. The summed E-state index contributed by atoms with van der Waals surface area (Å²) in [5.74, 6) is 0. The van der Waals surface area contributed by atoms with Crippen LogP contribution in [0.5, 0.6) is 0 Å². The molecule has 0 spiro atoms. The number of nitrogens with zero attached hydrogens (tertiary/aromatic N) is 2. The highest BCUT2D eigenvalue weighted by Crippen LogP contribution is 2.52. The van der Waals surface area contributed by atoms with Crippen LogP contribution in [-0.4, -0.2) is 9.97 Å². The summed E-state index contributed by atoms with van der Waals surface area (Å²) in [6.45, 7) is 9.45. The topological polar surface area (TPSA) is 25.8 Å². The molecule has 13 rings (SSSR count). The van der Waals surface area contributed by atoms with E-state index >= 15 is 0 Å². The fourth-order valence-corrected chi connectivity index (χ4v) is 11.4. The van der Waals surface area contributed by atoms with Gasteiger partial charge in [0.25, 0.3) is 0 Å². The van der Waals surface area contributed by atoms with Gasteiger partial charge in [0.05, 0.1) is 22.2 Å². The van der Waals surface area contributed by atoms with Crippen LogP contribution in [0.3, 0.4) is 0 Å². The minimum atomic E-state index is -0.126. The SMILES string of the molecule is CC1(C)c2ccccc2-c2ccc(-c3cc(-c4ccc5c(c4)C(C)(C)c4ccccc4-5)c4cc(-c5ccc(-c6c7ccccc7nc7ccccc67)cc5)c5ccccc5c4n3)cc21. The first-order valence-corrected chi connectivity index (χ1v) is 22.5. The third-order valence-electron chi connectivity index (χ3n) is 14.7. The molecule has 64 heavy (non-hydrogen) atoms. The van der Waals surface area contributed by atoms with Gasteiger partial charge in [-0.15, -0.1) is 0 Å². The van der Waals surface area contributed by atoms with E-state index in [0.717, 1.165) is 49.4 Å². The van der Waals surface area contributed by atoms with Crippen LogP contribution in [0.15, 0.2) is 194 Å². The summed E-state index contributed by atoms with van der Waals surface area (Å²) in [4.78, 5) is 10.7. The first kappa shape index (κ1) is 36.9. The van der Waals surface area contributed by atoms with E-state index in [1.165, 1.54) is 83.3 Å². The highest BCUT2D eigenvalue weighted by molar-refractivity contribution is 6.17. The van der Waals surface area contributed by atoms with Crippen LogP contribution in [0.25, 0.3) is 110 Å². The number of para-hydroxylation sites is 2. The lowest BCUT2D eigenvalue weighted by Crippen LogP contribution is -2.15. The van der Waals surface area contributed by atoms with Crippen molar-refractivity contribution in [1.82, 2.24) is 9.97 Å². The number of aromatic nitrogens is 2. The largest absolute Gasteiger partial charge is 0.248 e. The Morgan fingerprint density at radius 2 is 0.750 bits per heavy atom. The molecule has 2 aromatic heterocycles. The standard InChI is InChI=1S/C62H44N2/c1-61(2)52-21-11-7-16-42(52)44-31-29-39(33-54(44)61)50-36-58(40-30-32-45-43-17-8-12-22-53(43)62(3,4)55(45)34-40)64-60-46-18-6-5-15-41(46)49(35-51(50)60)37-25-27-38(28-26-37)59-47-19-9-13-23-56(47)63-57-24-14-10-20-48(57)59/h5-36H,1-4H3. The molecule has 0 amide bonds. The number of pyridine rings is 2. The maximum absolute atomic E-state index is 5.66. The summed E-state index contributed by atoms with van der Waals surface area (Å²) < 4.78 is 0. The van der Waals surface area contributed by atoms with Gasteiger partial charge >= 0.3 is 0 Å². The van der Waals surface area contributed by atoms with E-state index in [2.05, 4.69) is 222 Å². The molecule has 0 aliphatic heterocycles. The lowest BCUT2D eigenvalue weighted by atomic mass is 9.81. The van der Waals surface area contributed by atoms with Crippen LogP contribution in [-0.2, 0) is 10.8 Å². The molecule has 0 N–H and O–H groups in total. The Labute approximate surface area is 373 Å². The maximum atomic E-state index is 5.66. The van der Waals surface area contributed by atoms with Crippen LogP contribution in [0, 0.1) is 0 Å². The summed E-state index contributed by atoms with van der Waals surface area (Å²) in [7, 11) is 0. The van der Waals surface area contributed by atoms with Crippen LogP contribution in [0.4, 0.5) is 0 Å². The smallest absolute Gasteiger partial charge is 0.0794 e. The van der Waals surface area contributed by atoms with Crippen molar-refractivity contribution in [3.63, 3.8) is 0 Å². The van der Waals surface area contributed by atoms with Crippen molar-refractivity contribution in [2.75, 3.05) is 0 Å². The van der Waals surface area contributed by atoms with Crippen molar-refractivity contribution in [3.05, 3.63) is 216 Å². The molecule has 2 heteroatoms. The molecule has 0 atom stereocenters. The van der Waals surface area contributed by atoms with Crippen molar-refractivity contribution in [3.8, 4) is 66.9 Å². The zero-order valence-corrected chi connectivity index (χ0v) is 36.4. The summed E-state index contributed by atoms with van der Waals surface area (Å²) in [6, 6.07) is 71.7. The molecular weight excluding hydrogens is 773 g/mol. The molecule has 2 heterocycles. The van der Waals surface area contributed by atoms with E-state index < -0.39 is 0 Å². The van der Waals surface area contributed by atoms with Crippen molar-refractivity contribution in [2.24, 2.45) is 0 Å². The summed E-state index contributed by atoms with van der Waals surface area (Å²) in [5.41, 5.74) is 22.9. The normalized spacial score (nSPS) is 14.2. The Balaban J connectivity index is 1.03. The molecule has 0 saturated carbocycles. The van der Waals surface area contributed by atoms with E-state index in [4.69, 9.17) is 9.97 Å². The minimum absolute atomic E-state index is 0.114. The monoisotopic (exact) mass is 816 g/mol. The van der Waals surface area contributed by atoms with Crippen molar-refractivity contribution in [2.45, 2.75) is 38.5 Å². The summed E-state index contributed by atoms with van der Waals surface area (Å²) >= 11 is 0. The fourth-order valence-electron chi connectivity index (χ4n) is 11.4. The highest BCUT2D eigenvalue weighted by Gasteiger charge is 2.37. The second-order valence-corrected chi connectivity index (χ2v) is 18.9. The Bertz CT molecular complexity index is 3720. The van der Waals surface area contributed by atoms with Gasteiger partial charge in [-0.05, 0) is 114 Å². The summed E-state index contributed by atoms with van der Waals surface area (Å²) in [6.07, 6.45) is 0. The van der Waals surface area contributed by atoms with E-state index in [-0.39, 0.29) is 10.8 Å². The van der Waals surface area contributed by atoms with Gasteiger partial charge in [-0.3, -0.25) is 0 Å². The van der Waals surface area contributed by atoms with Gasteiger partial charge in [0.1, 0.15) is 0 Å². The van der Waals surface area contributed by atoms with Gasteiger partial charge < -0.3 is 0 Å². The Hall–Kier alpha value is -7.68. The molecule has 2 nitrogen and oxygen atoms in total. The molecular formula is C62H44N2. The first-order chi connectivity index (χ1) is 31.2. The molecule has 2 aliphatic carbocycles. The number of hydrogen-bond acceptors (Lipinski definition) is 2. The van der Waals surface area contributed by atoms with Gasteiger partial charge in [0.15, 0.2) is 0 Å². The molecule has 0 bridgehead atoms. The Morgan fingerprint density at radius 1 is 0.297 bits per heavy atom. The number of fused-ring (bicyclic) bond motifs is 11. The first-order valence-electron chi connectivity index (χ1n) is 22.5. The van der Waals surface area contributed by atoms with Gasteiger partial charge in [0.2, 0.25) is 0 Å². The van der Waals surface area contributed by atoms with Gasteiger partial charge in [0, 0.05) is 43.5 Å². The third-order valence-corrected chi connectivity index (χ3v) is 14.7. The predicted octanol–water partition coefficient (Wildman–Crippen LogP) is 16.4. The second kappa shape index (κ2) is 13.4. The van der Waals surface area contributed by atoms with Gasteiger partial charge in [-0.25, -0.2) is 9.97 Å². The Kier molecular flexibility index (Phi) is 7.74. The average Bonchev–Trinajstić information content (AvgIpc) is 3.71. The highest BCUT2D eigenvalue weighted by atomic mass is 14.7. The van der Waals surface area contributed by atoms with E-state index in [1.807, 2.05) is 0 Å². The molecule has 0 saturated heterocycles. The van der Waals surface area contributed by atoms with E-state index in [9.17, 15) is 0 Å². The Morgan fingerprint density at radius 3 is 1.38 bits per heavy atom. The average molecular weight is 817 g/mol. The van der Waals surface area contributed by atoms with Crippen molar-refractivity contribution >= 4 is 43.5 Å². The van der Waals surface area contributed by atoms with Crippen LogP contribution in [0.2, 0.25) is 0 Å². The van der Waals surface area contributed by atoms with Gasteiger partial charge in [-0.1, -0.05) is 185 Å². The lowest BCUT2D eigenvalue weighted by molar-refractivity contribution is 0.660. The predicted molar refractivity (Wildman–Crippen MR) is 269 cm³/mol. The quantitative estimate of drug-likeness (QED) is 0.131. The molecule has 11 aromatic rings. The number of rotatable bonds is 4. The van der Waals surface area contributed by atoms with E-state index in [1.54, 1.807) is 0 Å². The van der Waals surface area contributed by atoms with Crippen molar-refractivity contribution in [1.29, 1.82) is 0 Å². The zero-order chi connectivity index (χ0) is 42.9. The lowest BCUT2D eigenvalue weighted by Gasteiger charge is -2.23. The molecule has 9 aromatic carbocycles. The van der Waals surface area contributed by atoms with Crippen LogP contribution >= 0.6 is 0 Å². The fraction of sp³-hybridized carbons (Fsp3) is 0.0968. The third kappa shape index (κ3) is 5.26. The van der Waals surface area contributed by atoms with Crippen molar-refractivity contribution < 1.29 is 0 Å². The molecule has 0 unspecified atom stereocenters.